The summed E-state index contributed by atoms with van der Waals surface area (Å²) in [7, 11) is 1.60. The zero-order valence-corrected chi connectivity index (χ0v) is 13.1. The Hall–Kier alpha value is -0.930. The molecule has 0 aliphatic carbocycles. The number of hydrogen-bond acceptors (Lipinski definition) is 3. The van der Waals surface area contributed by atoms with E-state index in [1.807, 2.05) is 0 Å². The largest absolute Gasteiger partial charge is 0.392 e. The summed E-state index contributed by atoms with van der Waals surface area (Å²) in [5.41, 5.74) is 6.67. The third-order valence-electron chi connectivity index (χ3n) is 2.32. The molecule has 0 radical (unpaired) electrons. The van der Waals surface area contributed by atoms with Crippen LogP contribution in [0.15, 0.2) is 23.2 Å². The monoisotopic (exact) mass is 383 g/mol. The molecule has 0 amide bonds. The summed E-state index contributed by atoms with van der Waals surface area (Å²) < 4.78 is 18.0. The zero-order valence-electron chi connectivity index (χ0n) is 10.7. The van der Waals surface area contributed by atoms with E-state index in [1.54, 1.807) is 19.2 Å². The third-order valence-corrected chi connectivity index (χ3v) is 2.32. The highest BCUT2D eigenvalue weighted by atomic mass is 127. The molecule has 0 aliphatic heterocycles. The number of aliphatic imine (C=N–C) groups is 1. The maximum absolute atomic E-state index is 13.1. The quantitative estimate of drug-likeness (QED) is 0.296. The zero-order chi connectivity index (χ0) is 13.4. The van der Waals surface area contributed by atoms with Gasteiger partial charge in [0, 0.05) is 19.2 Å². The summed E-state index contributed by atoms with van der Waals surface area (Å²) in [4.78, 5) is 4.09. The van der Waals surface area contributed by atoms with Gasteiger partial charge in [-0.1, -0.05) is 6.07 Å². The number of halogens is 2. The van der Waals surface area contributed by atoms with Gasteiger partial charge in [0.1, 0.15) is 5.82 Å². The summed E-state index contributed by atoms with van der Waals surface area (Å²) in [6.45, 7) is 1.13. The lowest BCUT2D eigenvalue weighted by molar-refractivity contribution is 0.204. The molecule has 0 heterocycles. The number of ether oxygens (including phenoxy) is 1. The van der Waals surface area contributed by atoms with E-state index in [1.165, 1.54) is 6.07 Å². The first-order chi connectivity index (χ1) is 8.67. The Balaban J connectivity index is 0.00000324. The lowest BCUT2D eigenvalue weighted by Crippen LogP contribution is -2.34. The number of benzene rings is 1. The van der Waals surface area contributed by atoms with Crippen LogP contribution in [-0.2, 0) is 17.9 Å². The Labute approximate surface area is 129 Å². The minimum absolute atomic E-state index is 0. The van der Waals surface area contributed by atoms with Gasteiger partial charge < -0.3 is 20.9 Å². The first-order valence-electron chi connectivity index (χ1n) is 5.58. The second kappa shape index (κ2) is 9.93. The number of nitrogens with zero attached hydrogens (tertiary/aromatic N) is 1. The SMILES string of the molecule is COCCNC(N)=NCc1ccc(F)c(CO)c1.I. The molecule has 19 heavy (non-hydrogen) atoms. The highest BCUT2D eigenvalue weighted by molar-refractivity contribution is 14.0. The molecule has 0 atom stereocenters. The van der Waals surface area contributed by atoms with Crippen molar-refractivity contribution < 1.29 is 14.2 Å². The van der Waals surface area contributed by atoms with Crippen molar-refractivity contribution in [2.75, 3.05) is 20.3 Å². The number of guanidine groups is 1. The van der Waals surface area contributed by atoms with Gasteiger partial charge in [0.15, 0.2) is 5.96 Å². The molecule has 4 N–H and O–H groups in total. The van der Waals surface area contributed by atoms with Crippen LogP contribution in [0.5, 0.6) is 0 Å². The summed E-state index contributed by atoms with van der Waals surface area (Å²) in [6, 6.07) is 4.49. The molecule has 1 aromatic carbocycles. The van der Waals surface area contributed by atoms with Gasteiger partial charge in [0.25, 0.3) is 0 Å². The fourth-order valence-corrected chi connectivity index (χ4v) is 1.36. The average Bonchev–Trinajstić information content (AvgIpc) is 2.38. The highest BCUT2D eigenvalue weighted by Crippen LogP contribution is 2.11. The molecular weight excluding hydrogens is 364 g/mol. The number of nitrogens with one attached hydrogen (secondary N) is 1. The van der Waals surface area contributed by atoms with Crippen LogP contribution in [-0.4, -0.2) is 31.3 Å². The van der Waals surface area contributed by atoms with E-state index >= 15 is 0 Å². The Bertz CT molecular complexity index is 416. The molecular formula is C12H19FIN3O2. The van der Waals surface area contributed by atoms with E-state index < -0.39 is 5.82 Å². The van der Waals surface area contributed by atoms with Crippen LogP contribution in [0.4, 0.5) is 4.39 Å². The minimum atomic E-state index is -0.420. The molecule has 1 rings (SSSR count). The second-order valence-corrected chi connectivity index (χ2v) is 3.70. The topological polar surface area (TPSA) is 79.9 Å². The van der Waals surface area contributed by atoms with Crippen LogP contribution in [0.2, 0.25) is 0 Å². The van der Waals surface area contributed by atoms with Crippen LogP contribution in [0.1, 0.15) is 11.1 Å². The fraction of sp³-hybridized carbons (Fsp3) is 0.417. The average molecular weight is 383 g/mol. The molecule has 0 aromatic heterocycles. The van der Waals surface area contributed by atoms with E-state index in [4.69, 9.17) is 15.6 Å². The molecule has 108 valence electrons. The summed E-state index contributed by atoms with van der Waals surface area (Å²) >= 11 is 0. The van der Waals surface area contributed by atoms with Crippen molar-refractivity contribution in [2.45, 2.75) is 13.2 Å². The smallest absolute Gasteiger partial charge is 0.188 e. The number of aliphatic hydroxyl groups is 1. The number of nitrogens with two attached hydrogens (primary N) is 1. The van der Waals surface area contributed by atoms with Gasteiger partial charge in [-0.25, -0.2) is 9.38 Å². The first kappa shape index (κ1) is 18.1. The number of aliphatic hydroxyl groups excluding tert-OH is 1. The van der Waals surface area contributed by atoms with Crippen LogP contribution < -0.4 is 11.1 Å². The second-order valence-electron chi connectivity index (χ2n) is 3.70. The maximum atomic E-state index is 13.1. The third kappa shape index (κ3) is 6.69. The highest BCUT2D eigenvalue weighted by Gasteiger charge is 2.02. The fourth-order valence-electron chi connectivity index (χ4n) is 1.36. The predicted octanol–water partition coefficient (Wildman–Crippen LogP) is 0.987. The van der Waals surface area contributed by atoms with Gasteiger partial charge in [-0.05, 0) is 17.7 Å². The van der Waals surface area contributed by atoms with E-state index in [-0.39, 0.29) is 36.1 Å². The molecule has 0 spiro atoms. The number of rotatable bonds is 6. The molecule has 5 nitrogen and oxygen atoms in total. The lowest BCUT2D eigenvalue weighted by Gasteiger charge is -2.05. The molecule has 0 bridgehead atoms. The van der Waals surface area contributed by atoms with Gasteiger partial charge in [-0.2, -0.15) is 0 Å². The van der Waals surface area contributed by atoms with Crippen molar-refractivity contribution in [2.24, 2.45) is 10.7 Å². The Morgan fingerprint density at radius 2 is 2.26 bits per heavy atom. The van der Waals surface area contributed by atoms with Gasteiger partial charge >= 0.3 is 0 Å². The number of hydrogen-bond donors (Lipinski definition) is 3. The lowest BCUT2D eigenvalue weighted by atomic mass is 10.1. The Kier molecular flexibility index (Phi) is 9.44. The Morgan fingerprint density at radius 1 is 1.53 bits per heavy atom. The van der Waals surface area contributed by atoms with E-state index in [2.05, 4.69) is 10.3 Å². The Morgan fingerprint density at radius 3 is 2.89 bits per heavy atom. The molecule has 7 heteroatoms. The maximum Gasteiger partial charge on any atom is 0.188 e. The van der Waals surface area contributed by atoms with Crippen molar-refractivity contribution >= 4 is 29.9 Å². The van der Waals surface area contributed by atoms with Crippen LogP contribution in [0, 0.1) is 5.82 Å². The van der Waals surface area contributed by atoms with Crippen molar-refractivity contribution in [3.63, 3.8) is 0 Å². The molecule has 0 saturated carbocycles. The van der Waals surface area contributed by atoms with Crippen molar-refractivity contribution in [1.82, 2.24) is 5.32 Å². The first-order valence-corrected chi connectivity index (χ1v) is 5.58. The van der Waals surface area contributed by atoms with Gasteiger partial charge in [-0.3, -0.25) is 0 Å². The van der Waals surface area contributed by atoms with Gasteiger partial charge in [0.05, 0.1) is 19.8 Å². The van der Waals surface area contributed by atoms with E-state index in [0.717, 1.165) is 5.56 Å². The van der Waals surface area contributed by atoms with Crippen LogP contribution >= 0.6 is 24.0 Å². The van der Waals surface area contributed by atoms with Crippen molar-refractivity contribution in [3.05, 3.63) is 35.1 Å². The minimum Gasteiger partial charge on any atom is -0.392 e. The van der Waals surface area contributed by atoms with Gasteiger partial charge in [-0.15, -0.1) is 24.0 Å². The van der Waals surface area contributed by atoms with Crippen molar-refractivity contribution in [1.29, 1.82) is 0 Å². The van der Waals surface area contributed by atoms with Crippen LogP contribution in [0.25, 0.3) is 0 Å². The van der Waals surface area contributed by atoms with Crippen LogP contribution in [0.3, 0.4) is 0 Å². The predicted molar refractivity (Wildman–Crippen MR) is 82.9 cm³/mol. The molecule has 0 unspecified atom stereocenters. The summed E-state index contributed by atoms with van der Waals surface area (Å²) in [6.07, 6.45) is 0. The number of methoxy groups -OCH3 is 1. The summed E-state index contributed by atoms with van der Waals surface area (Å²) in [5, 5.41) is 11.8. The normalized spacial score (nSPS) is 11.0. The van der Waals surface area contributed by atoms with E-state index in [0.29, 0.717) is 25.7 Å². The van der Waals surface area contributed by atoms with Crippen molar-refractivity contribution in [3.8, 4) is 0 Å². The molecule has 0 saturated heterocycles. The molecule has 0 fully saturated rings. The standard InChI is InChI=1S/C12H18FN3O2.HI/c1-18-5-4-15-12(14)16-7-9-2-3-11(13)10(6-9)8-17;/h2-3,6,17H,4-5,7-8H2,1H3,(H3,14,15,16);1H. The molecule has 0 aliphatic rings. The summed E-state index contributed by atoms with van der Waals surface area (Å²) in [5.74, 6) is -0.113. The van der Waals surface area contributed by atoms with E-state index in [9.17, 15) is 4.39 Å². The van der Waals surface area contributed by atoms with Gasteiger partial charge in [0.2, 0.25) is 0 Å². The molecule has 1 aromatic rings.